The van der Waals surface area contributed by atoms with Crippen LogP contribution in [0.3, 0.4) is 0 Å². The van der Waals surface area contributed by atoms with Gasteiger partial charge >= 0.3 is 0 Å². The lowest BCUT2D eigenvalue weighted by Crippen LogP contribution is -2.22. The van der Waals surface area contributed by atoms with Crippen LogP contribution in [0.4, 0.5) is 0 Å². The molecular weight excluding hydrogens is 332 g/mol. The van der Waals surface area contributed by atoms with Crippen LogP contribution in [0.2, 0.25) is 0 Å². The molecule has 2 aromatic rings. The Hall–Kier alpha value is -1.83. The van der Waals surface area contributed by atoms with Crippen molar-refractivity contribution in [3.8, 4) is 0 Å². The lowest BCUT2D eigenvalue weighted by Gasteiger charge is -2.07. The van der Waals surface area contributed by atoms with Gasteiger partial charge in [-0.3, -0.25) is 4.79 Å². The minimum absolute atomic E-state index is 0.0527. The summed E-state index contributed by atoms with van der Waals surface area (Å²) in [5.41, 5.74) is 2.56. The van der Waals surface area contributed by atoms with E-state index in [1.807, 2.05) is 18.4 Å². The topological polar surface area (TPSA) is 89.3 Å². The fraction of sp³-hybridized carbons (Fsp3) is 0.188. The van der Waals surface area contributed by atoms with E-state index < -0.39 is 10.0 Å². The lowest BCUT2D eigenvalue weighted by molar-refractivity contribution is 0.0951. The number of nitrogens with two attached hydrogens (primary N) is 1. The summed E-state index contributed by atoms with van der Waals surface area (Å²) in [6.07, 6.45) is 2.03. The summed E-state index contributed by atoms with van der Waals surface area (Å²) in [5, 5.41) is 7.84. The molecule has 122 valence electrons. The van der Waals surface area contributed by atoms with Crippen LogP contribution in [0.15, 0.2) is 53.4 Å². The molecule has 0 saturated carbocycles. The van der Waals surface area contributed by atoms with Gasteiger partial charge in [-0.2, -0.15) is 11.8 Å². The van der Waals surface area contributed by atoms with E-state index in [2.05, 4.69) is 5.32 Å². The van der Waals surface area contributed by atoms with E-state index in [1.165, 1.54) is 17.7 Å². The number of carbonyl (C=O) groups is 1. The van der Waals surface area contributed by atoms with Gasteiger partial charge in [0.05, 0.1) is 4.90 Å². The van der Waals surface area contributed by atoms with Crippen LogP contribution in [-0.4, -0.2) is 20.6 Å². The Morgan fingerprint density at radius 1 is 1.04 bits per heavy atom. The van der Waals surface area contributed by atoms with E-state index in [4.69, 9.17) is 5.14 Å². The van der Waals surface area contributed by atoms with Gasteiger partial charge in [0.25, 0.3) is 5.91 Å². The zero-order valence-corrected chi connectivity index (χ0v) is 14.3. The van der Waals surface area contributed by atoms with Gasteiger partial charge in [0, 0.05) is 17.9 Å². The first-order chi connectivity index (χ1) is 10.9. The van der Waals surface area contributed by atoms with Crippen molar-refractivity contribution in [3.63, 3.8) is 0 Å². The highest BCUT2D eigenvalue weighted by molar-refractivity contribution is 7.97. The smallest absolute Gasteiger partial charge is 0.251 e. The molecule has 2 rings (SSSR count). The molecule has 23 heavy (non-hydrogen) atoms. The van der Waals surface area contributed by atoms with Crippen molar-refractivity contribution in [1.29, 1.82) is 0 Å². The quantitative estimate of drug-likeness (QED) is 0.835. The number of sulfonamides is 1. The average molecular weight is 350 g/mol. The van der Waals surface area contributed by atoms with Crippen molar-refractivity contribution < 1.29 is 13.2 Å². The number of rotatable bonds is 6. The molecule has 0 radical (unpaired) electrons. The molecule has 0 atom stereocenters. The van der Waals surface area contributed by atoms with Crippen molar-refractivity contribution in [3.05, 3.63) is 65.2 Å². The van der Waals surface area contributed by atoms with Crippen LogP contribution in [0, 0.1) is 0 Å². The van der Waals surface area contributed by atoms with Crippen LogP contribution >= 0.6 is 11.8 Å². The Kier molecular flexibility index (Phi) is 5.81. The van der Waals surface area contributed by atoms with Crippen molar-refractivity contribution >= 4 is 27.7 Å². The minimum Gasteiger partial charge on any atom is -0.348 e. The molecule has 0 bridgehead atoms. The summed E-state index contributed by atoms with van der Waals surface area (Å²) in [6.45, 7) is 0.316. The second-order valence-corrected chi connectivity index (χ2v) is 7.43. The highest BCUT2D eigenvalue weighted by Crippen LogP contribution is 2.11. The summed E-state index contributed by atoms with van der Waals surface area (Å²) in [4.78, 5) is 12.1. The molecule has 0 aliphatic rings. The average Bonchev–Trinajstić information content (AvgIpc) is 2.53. The normalized spacial score (nSPS) is 11.2. The van der Waals surface area contributed by atoms with E-state index >= 15 is 0 Å². The molecule has 0 unspecified atom stereocenters. The van der Waals surface area contributed by atoms with Crippen LogP contribution in [0.1, 0.15) is 21.5 Å². The minimum atomic E-state index is -3.69. The second-order valence-electron chi connectivity index (χ2n) is 5.00. The number of hydrogen-bond acceptors (Lipinski definition) is 4. The van der Waals surface area contributed by atoms with Crippen molar-refractivity contribution in [2.24, 2.45) is 5.14 Å². The maximum absolute atomic E-state index is 12.1. The van der Waals surface area contributed by atoms with Gasteiger partial charge in [0.1, 0.15) is 0 Å². The summed E-state index contributed by atoms with van der Waals surface area (Å²) >= 11 is 1.73. The zero-order chi connectivity index (χ0) is 16.9. The lowest BCUT2D eigenvalue weighted by atomic mass is 10.1. The summed E-state index contributed by atoms with van der Waals surface area (Å²) in [7, 11) is -3.69. The predicted molar refractivity (Wildman–Crippen MR) is 92.6 cm³/mol. The third-order valence-corrected chi connectivity index (χ3v) is 4.78. The highest BCUT2D eigenvalue weighted by atomic mass is 32.2. The van der Waals surface area contributed by atoms with Gasteiger partial charge in [-0.1, -0.05) is 24.3 Å². The molecule has 3 N–H and O–H groups in total. The van der Waals surface area contributed by atoms with Gasteiger partial charge in [-0.15, -0.1) is 0 Å². The molecule has 0 aliphatic carbocycles. The van der Waals surface area contributed by atoms with Crippen LogP contribution in [0.5, 0.6) is 0 Å². The molecule has 7 heteroatoms. The highest BCUT2D eigenvalue weighted by Gasteiger charge is 2.08. The first-order valence-electron chi connectivity index (χ1n) is 6.88. The molecular formula is C16H18N2O3S2. The number of hydrogen-bond donors (Lipinski definition) is 2. The molecule has 0 fully saturated rings. The summed E-state index contributed by atoms with van der Waals surface area (Å²) in [6, 6.07) is 13.6. The molecule has 0 aromatic heterocycles. The molecule has 1 amide bonds. The Morgan fingerprint density at radius 2 is 1.61 bits per heavy atom. The maximum Gasteiger partial charge on any atom is 0.251 e. The molecule has 0 heterocycles. The van der Waals surface area contributed by atoms with Crippen molar-refractivity contribution in [2.45, 2.75) is 17.2 Å². The van der Waals surface area contributed by atoms with Gasteiger partial charge in [-0.05, 0) is 41.6 Å². The number of carbonyl (C=O) groups excluding carboxylic acids is 1. The van der Waals surface area contributed by atoms with Crippen LogP contribution in [-0.2, 0) is 22.3 Å². The molecule has 0 aliphatic heterocycles. The third-order valence-electron chi connectivity index (χ3n) is 3.23. The standard InChI is InChI=1S/C16H18N2O3S2/c1-22-11-13-2-6-14(7-3-13)16(19)18-10-12-4-8-15(9-5-12)23(17,20)21/h2-9H,10-11H2,1H3,(H,18,19)(H2,17,20,21). The number of thioether (sulfide) groups is 1. The Bertz CT molecular complexity index is 770. The molecule has 5 nitrogen and oxygen atoms in total. The van der Waals surface area contributed by atoms with Crippen LogP contribution in [0.25, 0.3) is 0 Å². The summed E-state index contributed by atoms with van der Waals surface area (Å²) < 4.78 is 22.4. The van der Waals surface area contributed by atoms with E-state index in [0.29, 0.717) is 12.1 Å². The Morgan fingerprint density at radius 3 is 2.13 bits per heavy atom. The van der Waals surface area contributed by atoms with Gasteiger partial charge in [0.15, 0.2) is 0 Å². The number of primary sulfonamides is 1. The second kappa shape index (κ2) is 7.63. The van der Waals surface area contributed by atoms with Gasteiger partial charge < -0.3 is 5.32 Å². The number of benzene rings is 2. The fourth-order valence-electron chi connectivity index (χ4n) is 2.00. The van der Waals surface area contributed by atoms with Crippen molar-refractivity contribution in [1.82, 2.24) is 5.32 Å². The van der Waals surface area contributed by atoms with E-state index in [0.717, 1.165) is 11.3 Å². The molecule has 0 saturated heterocycles. The van der Waals surface area contributed by atoms with E-state index in [1.54, 1.807) is 36.0 Å². The van der Waals surface area contributed by atoms with Crippen LogP contribution < -0.4 is 10.5 Å². The monoisotopic (exact) mass is 350 g/mol. The molecule has 0 spiro atoms. The fourth-order valence-corrected chi connectivity index (χ4v) is 3.04. The molecule has 2 aromatic carbocycles. The SMILES string of the molecule is CSCc1ccc(C(=O)NCc2ccc(S(N)(=O)=O)cc2)cc1. The Labute approximate surface area is 140 Å². The van der Waals surface area contributed by atoms with Crippen molar-refractivity contribution in [2.75, 3.05) is 6.26 Å². The Balaban J connectivity index is 1.96. The van der Waals surface area contributed by atoms with E-state index in [9.17, 15) is 13.2 Å². The first-order valence-corrected chi connectivity index (χ1v) is 9.82. The van der Waals surface area contributed by atoms with Gasteiger partial charge in [0.2, 0.25) is 10.0 Å². The summed E-state index contributed by atoms with van der Waals surface area (Å²) in [5.74, 6) is 0.745. The van der Waals surface area contributed by atoms with E-state index in [-0.39, 0.29) is 10.8 Å². The number of amides is 1. The first kappa shape index (κ1) is 17.5. The zero-order valence-electron chi connectivity index (χ0n) is 12.7. The van der Waals surface area contributed by atoms with Gasteiger partial charge in [-0.25, -0.2) is 13.6 Å². The third kappa shape index (κ3) is 5.09. The largest absolute Gasteiger partial charge is 0.348 e. The maximum atomic E-state index is 12.1. The predicted octanol–water partition coefficient (Wildman–Crippen LogP) is 2.13. The number of nitrogens with one attached hydrogen (secondary N) is 1.